The fourth-order valence-electron chi connectivity index (χ4n) is 2.32. The van der Waals surface area contributed by atoms with Crippen molar-refractivity contribution in [2.75, 3.05) is 7.11 Å². The second-order valence-corrected chi connectivity index (χ2v) is 5.30. The van der Waals surface area contributed by atoms with E-state index in [1.54, 1.807) is 31.4 Å². The van der Waals surface area contributed by atoms with E-state index in [9.17, 15) is 14.7 Å². The Morgan fingerprint density at radius 1 is 1.23 bits per heavy atom. The number of unbranched alkanes of at least 4 members (excludes halogenated alkanes) is 1. The number of carbonyl (C=O) groups is 2. The molecule has 0 aromatic heterocycles. The molecular weight excluding hydrogens is 282 g/mol. The summed E-state index contributed by atoms with van der Waals surface area (Å²) in [6.45, 7) is 4.02. The lowest BCUT2D eigenvalue weighted by Gasteiger charge is -2.20. The Morgan fingerprint density at radius 2 is 1.86 bits per heavy atom. The zero-order valence-corrected chi connectivity index (χ0v) is 13.5. The van der Waals surface area contributed by atoms with Gasteiger partial charge in [-0.15, -0.1) is 0 Å². The highest BCUT2D eigenvalue weighted by Gasteiger charge is 2.25. The number of carboxylic acids is 1. The van der Waals surface area contributed by atoms with Gasteiger partial charge in [-0.3, -0.25) is 4.79 Å². The second kappa shape index (κ2) is 9.07. The van der Waals surface area contributed by atoms with Gasteiger partial charge in [-0.05, 0) is 30.5 Å². The molecule has 0 spiro atoms. The molecule has 22 heavy (non-hydrogen) atoms. The third kappa shape index (κ3) is 5.06. The normalized spacial score (nSPS) is 13.2. The minimum Gasteiger partial charge on any atom is -0.497 e. The zero-order valence-electron chi connectivity index (χ0n) is 13.5. The third-order valence-electron chi connectivity index (χ3n) is 3.75. The van der Waals surface area contributed by atoms with E-state index >= 15 is 0 Å². The fraction of sp³-hybridized carbons (Fsp3) is 0.529. The molecule has 0 saturated carbocycles. The molecule has 2 atom stereocenters. The van der Waals surface area contributed by atoms with Crippen LogP contribution in [0.15, 0.2) is 24.3 Å². The van der Waals surface area contributed by atoms with Gasteiger partial charge in [0.05, 0.1) is 7.11 Å². The van der Waals surface area contributed by atoms with Gasteiger partial charge in [0.25, 0.3) is 0 Å². The van der Waals surface area contributed by atoms with Crippen molar-refractivity contribution < 1.29 is 19.4 Å². The molecule has 1 aromatic rings. The Labute approximate surface area is 131 Å². The van der Waals surface area contributed by atoms with Crippen LogP contribution in [0.3, 0.4) is 0 Å². The van der Waals surface area contributed by atoms with Crippen LogP contribution in [0.4, 0.5) is 0 Å². The maximum Gasteiger partial charge on any atom is 0.330 e. The summed E-state index contributed by atoms with van der Waals surface area (Å²) in [5, 5.41) is 12.0. The summed E-state index contributed by atoms with van der Waals surface area (Å²) in [5.41, 5.74) is 0.534. The van der Waals surface area contributed by atoms with E-state index in [-0.39, 0.29) is 11.8 Å². The molecule has 5 nitrogen and oxygen atoms in total. The van der Waals surface area contributed by atoms with Gasteiger partial charge < -0.3 is 15.2 Å². The molecular formula is C17H25NO4. The molecule has 1 amide bonds. The number of carbonyl (C=O) groups excluding carboxylic acids is 1. The fourth-order valence-corrected chi connectivity index (χ4v) is 2.32. The third-order valence-corrected chi connectivity index (χ3v) is 3.75. The van der Waals surface area contributed by atoms with Crippen LogP contribution < -0.4 is 10.1 Å². The number of rotatable bonds is 9. The Hall–Kier alpha value is -2.04. The molecule has 0 aliphatic rings. The van der Waals surface area contributed by atoms with Crippen molar-refractivity contribution >= 4 is 11.9 Å². The highest BCUT2D eigenvalue weighted by molar-refractivity contribution is 5.85. The number of hydrogen-bond acceptors (Lipinski definition) is 3. The van der Waals surface area contributed by atoms with Gasteiger partial charge in [0.1, 0.15) is 5.75 Å². The van der Waals surface area contributed by atoms with Gasteiger partial charge in [0.2, 0.25) is 5.91 Å². The van der Waals surface area contributed by atoms with Crippen LogP contribution in [0, 0.1) is 5.92 Å². The van der Waals surface area contributed by atoms with Crippen molar-refractivity contribution in [1.82, 2.24) is 5.32 Å². The molecule has 0 heterocycles. The standard InChI is InChI=1S/C17H25NO4/c1-4-6-7-12(5-2)16(19)18-15(17(20)21)13-8-10-14(22-3)11-9-13/h8-12,15H,4-7H2,1-3H3,(H,18,19)(H,20,21). The van der Waals surface area contributed by atoms with Gasteiger partial charge in [0, 0.05) is 5.92 Å². The van der Waals surface area contributed by atoms with Crippen molar-refractivity contribution in [2.45, 2.75) is 45.6 Å². The van der Waals surface area contributed by atoms with Crippen LogP contribution in [0.1, 0.15) is 51.1 Å². The first-order valence-electron chi connectivity index (χ1n) is 7.70. The number of hydrogen-bond donors (Lipinski definition) is 2. The molecule has 0 aliphatic heterocycles. The van der Waals surface area contributed by atoms with Crippen molar-refractivity contribution in [3.8, 4) is 5.75 Å². The SMILES string of the molecule is CCCCC(CC)C(=O)NC(C(=O)O)c1ccc(OC)cc1. The first-order chi connectivity index (χ1) is 10.5. The molecule has 0 aliphatic carbocycles. The lowest BCUT2D eigenvalue weighted by molar-refractivity contribution is -0.142. The van der Waals surface area contributed by atoms with Crippen LogP contribution >= 0.6 is 0 Å². The number of benzene rings is 1. The summed E-state index contributed by atoms with van der Waals surface area (Å²) in [4.78, 5) is 23.8. The molecule has 5 heteroatoms. The van der Waals surface area contributed by atoms with Gasteiger partial charge in [0.15, 0.2) is 6.04 Å². The predicted molar refractivity (Wildman–Crippen MR) is 84.8 cm³/mol. The lowest BCUT2D eigenvalue weighted by Crippen LogP contribution is -2.37. The number of amides is 1. The summed E-state index contributed by atoms with van der Waals surface area (Å²) in [5.74, 6) is -0.753. The molecule has 2 unspecified atom stereocenters. The topological polar surface area (TPSA) is 75.6 Å². The summed E-state index contributed by atoms with van der Waals surface area (Å²) < 4.78 is 5.06. The molecule has 0 radical (unpaired) electrons. The van der Waals surface area contributed by atoms with E-state index < -0.39 is 12.0 Å². The molecule has 1 aromatic carbocycles. The van der Waals surface area contributed by atoms with Crippen LogP contribution in [0.5, 0.6) is 5.75 Å². The summed E-state index contributed by atoms with van der Waals surface area (Å²) >= 11 is 0. The predicted octanol–water partition coefficient (Wildman–Crippen LogP) is 3.15. The Morgan fingerprint density at radius 3 is 2.32 bits per heavy atom. The number of ether oxygens (including phenoxy) is 1. The van der Waals surface area contributed by atoms with E-state index in [2.05, 4.69) is 12.2 Å². The van der Waals surface area contributed by atoms with Gasteiger partial charge >= 0.3 is 5.97 Å². The van der Waals surface area contributed by atoms with E-state index in [0.717, 1.165) is 19.3 Å². The number of nitrogens with one attached hydrogen (secondary N) is 1. The minimum atomic E-state index is -1.07. The van der Waals surface area contributed by atoms with Crippen LogP contribution in [-0.2, 0) is 9.59 Å². The average molecular weight is 307 g/mol. The second-order valence-electron chi connectivity index (χ2n) is 5.30. The maximum absolute atomic E-state index is 12.3. The smallest absolute Gasteiger partial charge is 0.330 e. The van der Waals surface area contributed by atoms with Crippen molar-refractivity contribution in [1.29, 1.82) is 0 Å². The van der Waals surface area contributed by atoms with Crippen molar-refractivity contribution in [3.05, 3.63) is 29.8 Å². The van der Waals surface area contributed by atoms with E-state index in [1.807, 2.05) is 6.92 Å². The van der Waals surface area contributed by atoms with Crippen LogP contribution in [0.25, 0.3) is 0 Å². The lowest BCUT2D eigenvalue weighted by atomic mass is 9.97. The van der Waals surface area contributed by atoms with Crippen LogP contribution in [0.2, 0.25) is 0 Å². The van der Waals surface area contributed by atoms with Crippen molar-refractivity contribution in [2.24, 2.45) is 5.92 Å². The van der Waals surface area contributed by atoms with Gasteiger partial charge in [-0.25, -0.2) is 4.79 Å². The van der Waals surface area contributed by atoms with Crippen molar-refractivity contribution in [3.63, 3.8) is 0 Å². The highest BCUT2D eigenvalue weighted by atomic mass is 16.5. The van der Waals surface area contributed by atoms with E-state index in [0.29, 0.717) is 17.7 Å². The number of aliphatic carboxylic acids is 1. The summed E-state index contributed by atoms with van der Waals surface area (Å²) in [6, 6.07) is 5.65. The maximum atomic E-state index is 12.3. The number of carboxylic acid groups (broad SMARTS) is 1. The first kappa shape index (κ1) is 18.0. The first-order valence-corrected chi connectivity index (χ1v) is 7.70. The highest BCUT2D eigenvalue weighted by Crippen LogP contribution is 2.20. The monoisotopic (exact) mass is 307 g/mol. The van der Waals surface area contributed by atoms with Gasteiger partial charge in [-0.2, -0.15) is 0 Å². The Kier molecular flexibility index (Phi) is 7.43. The Bertz CT molecular complexity index is 484. The van der Waals surface area contributed by atoms with Crippen LogP contribution in [-0.4, -0.2) is 24.1 Å². The molecule has 122 valence electrons. The average Bonchev–Trinajstić information content (AvgIpc) is 2.53. The minimum absolute atomic E-state index is 0.139. The molecule has 1 rings (SSSR count). The Balaban J connectivity index is 2.82. The molecule has 0 saturated heterocycles. The molecule has 0 fully saturated rings. The number of methoxy groups -OCH3 is 1. The van der Waals surface area contributed by atoms with E-state index in [4.69, 9.17) is 4.74 Å². The quantitative estimate of drug-likeness (QED) is 0.735. The molecule has 0 bridgehead atoms. The van der Waals surface area contributed by atoms with Gasteiger partial charge in [-0.1, -0.05) is 38.8 Å². The largest absolute Gasteiger partial charge is 0.497 e. The zero-order chi connectivity index (χ0) is 16.5. The summed E-state index contributed by atoms with van der Waals surface area (Å²) in [7, 11) is 1.55. The summed E-state index contributed by atoms with van der Waals surface area (Å²) in [6.07, 6.45) is 3.48. The molecule has 2 N–H and O–H groups in total. The van der Waals surface area contributed by atoms with E-state index in [1.165, 1.54) is 0 Å².